The number of aliphatic hydroxyl groups is 3. The molecule has 4 nitrogen and oxygen atoms in total. The molecule has 1 aromatic carbocycles. The quantitative estimate of drug-likeness (QED) is 0.641. The zero-order chi connectivity index (χ0) is 10.6. The van der Waals surface area contributed by atoms with Crippen molar-refractivity contribution in [1.82, 2.24) is 0 Å². The maximum absolute atomic E-state index is 9.50. The number of benzene rings is 1. The highest BCUT2D eigenvalue weighted by atomic mass is 16.5. The molecule has 0 amide bonds. The lowest BCUT2D eigenvalue weighted by Gasteiger charge is -2.15. The summed E-state index contributed by atoms with van der Waals surface area (Å²) in [7, 11) is 1.55. The van der Waals surface area contributed by atoms with Crippen molar-refractivity contribution in [2.75, 3.05) is 13.7 Å². The van der Waals surface area contributed by atoms with Gasteiger partial charge in [-0.05, 0) is 17.7 Å². The Bertz CT molecular complexity index is 270. The van der Waals surface area contributed by atoms with Crippen molar-refractivity contribution in [3.05, 3.63) is 29.8 Å². The Kier molecular flexibility index (Phi) is 3.88. The molecule has 0 aliphatic heterocycles. The third-order valence-electron chi connectivity index (χ3n) is 2.01. The van der Waals surface area contributed by atoms with Crippen LogP contribution in [0.5, 0.6) is 5.75 Å². The fourth-order valence-corrected chi connectivity index (χ4v) is 1.12. The molecule has 0 bridgehead atoms. The summed E-state index contributed by atoms with van der Waals surface area (Å²) in [6.45, 7) is -0.465. The van der Waals surface area contributed by atoms with Crippen LogP contribution in [0, 0.1) is 0 Å². The van der Waals surface area contributed by atoms with E-state index in [0.29, 0.717) is 11.3 Å². The summed E-state index contributed by atoms with van der Waals surface area (Å²) in [5.74, 6) is 0.680. The Morgan fingerprint density at radius 3 is 2.21 bits per heavy atom. The van der Waals surface area contributed by atoms with E-state index in [-0.39, 0.29) is 0 Å². The molecule has 1 aromatic rings. The zero-order valence-electron chi connectivity index (χ0n) is 7.92. The molecule has 0 aromatic heterocycles. The van der Waals surface area contributed by atoms with Crippen LogP contribution in [-0.4, -0.2) is 35.1 Å². The van der Waals surface area contributed by atoms with E-state index in [0.717, 1.165) is 0 Å². The van der Waals surface area contributed by atoms with Crippen LogP contribution >= 0.6 is 0 Å². The zero-order valence-corrected chi connectivity index (χ0v) is 7.92. The lowest BCUT2D eigenvalue weighted by atomic mass is 10.1. The molecule has 0 saturated heterocycles. The predicted molar refractivity (Wildman–Crippen MR) is 51.0 cm³/mol. The molecule has 14 heavy (non-hydrogen) atoms. The molecule has 1 rings (SSSR count). The van der Waals surface area contributed by atoms with Crippen molar-refractivity contribution in [2.24, 2.45) is 0 Å². The van der Waals surface area contributed by atoms with E-state index < -0.39 is 18.8 Å². The molecular weight excluding hydrogens is 184 g/mol. The van der Waals surface area contributed by atoms with Crippen molar-refractivity contribution in [2.45, 2.75) is 12.2 Å². The van der Waals surface area contributed by atoms with Crippen LogP contribution in [0.4, 0.5) is 0 Å². The Hall–Kier alpha value is -1.10. The van der Waals surface area contributed by atoms with Gasteiger partial charge in [0.15, 0.2) is 0 Å². The van der Waals surface area contributed by atoms with Crippen LogP contribution < -0.4 is 4.74 Å². The standard InChI is InChI=1S/C10H14O4/c1-14-8-4-2-7(3-5-8)10(13)9(12)6-11/h2-5,9-13H,6H2,1H3/t9?,10-/m0/s1. The van der Waals surface area contributed by atoms with Gasteiger partial charge < -0.3 is 20.1 Å². The average Bonchev–Trinajstić information content (AvgIpc) is 2.27. The molecule has 4 heteroatoms. The first-order chi connectivity index (χ1) is 6.69. The Balaban J connectivity index is 2.75. The summed E-state index contributed by atoms with van der Waals surface area (Å²) < 4.78 is 4.94. The Morgan fingerprint density at radius 1 is 1.21 bits per heavy atom. The lowest BCUT2D eigenvalue weighted by molar-refractivity contribution is -0.0152. The SMILES string of the molecule is COc1ccc([C@H](O)C(O)CO)cc1. The van der Waals surface area contributed by atoms with E-state index in [4.69, 9.17) is 9.84 Å². The van der Waals surface area contributed by atoms with E-state index in [1.165, 1.54) is 0 Å². The van der Waals surface area contributed by atoms with E-state index in [1.807, 2.05) is 0 Å². The van der Waals surface area contributed by atoms with Gasteiger partial charge in [0.25, 0.3) is 0 Å². The molecular formula is C10H14O4. The first-order valence-electron chi connectivity index (χ1n) is 4.30. The number of rotatable bonds is 4. The highest BCUT2D eigenvalue weighted by Gasteiger charge is 2.16. The molecule has 0 saturated carbocycles. The number of ether oxygens (including phenoxy) is 1. The van der Waals surface area contributed by atoms with Crippen molar-refractivity contribution >= 4 is 0 Å². The maximum atomic E-state index is 9.50. The average molecular weight is 198 g/mol. The van der Waals surface area contributed by atoms with Crippen molar-refractivity contribution < 1.29 is 20.1 Å². The molecule has 0 heterocycles. The number of methoxy groups -OCH3 is 1. The number of aliphatic hydroxyl groups excluding tert-OH is 3. The predicted octanol–water partition coefficient (Wildman–Crippen LogP) is 0.0818. The van der Waals surface area contributed by atoms with E-state index in [1.54, 1.807) is 31.4 Å². The summed E-state index contributed by atoms with van der Waals surface area (Å²) >= 11 is 0. The first kappa shape index (κ1) is 11.0. The van der Waals surface area contributed by atoms with Crippen molar-refractivity contribution in [1.29, 1.82) is 0 Å². The summed E-state index contributed by atoms with van der Waals surface area (Å²) in [5.41, 5.74) is 0.548. The van der Waals surface area contributed by atoms with Crippen LogP contribution in [0.15, 0.2) is 24.3 Å². The fraction of sp³-hybridized carbons (Fsp3) is 0.400. The molecule has 0 aliphatic carbocycles. The molecule has 2 atom stereocenters. The van der Waals surface area contributed by atoms with E-state index in [9.17, 15) is 10.2 Å². The summed E-state index contributed by atoms with van der Waals surface area (Å²) in [6.07, 6.45) is -2.21. The van der Waals surface area contributed by atoms with E-state index in [2.05, 4.69) is 0 Å². The van der Waals surface area contributed by atoms with Crippen LogP contribution in [-0.2, 0) is 0 Å². The second-order valence-corrected chi connectivity index (χ2v) is 2.97. The lowest BCUT2D eigenvalue weighted by Crippen LogP contribution is -2.21. The smallest absolute Gasteiger partial charge is 0.118 e. The second-order valence-electron chi connectivity index (χ2n) is 2.97. The first-order valence-corrected chi connectivity index (χ1v) is 4.30. The maximum Gasteiger partial charge on any atom is 0.118 e. The number of hydrogen-bond donors (Lipinski definition) is 3. The van der Waals surface area contributed by atoms with Gasteiger partial charge in [0, 0.05) is 0 Å². The van der Waals surface area contributed by atoms with Gasteiger partial charge in [0.1, 0.15) is 18.0 Å². The normalized spacial score (nSPS) is 14.9. The van der Waals surface area contributed by atoms with Gasteiger partial charge in [0.2, 0.25) is 0 Å². The van der Waals surface area contributed by atoms with Gasteiger partial charge in [-0.25, -0.2) is 0 Å². The minimum atomic E-state index is -1.15. The van der Waals surface area contributed by atoms with Gasteiger partial charge in [-0.2, -0.15) is 0 Å². The monoisotopic (exact) mass is 198 g/mol. The summed E-state index contributed by atoms with van der Waals surface area (Å²) in [5, 5.41) is 27.3. The summed E-state index contributed by atoms with van der Waals surface area (Å²) in [6, 6.07) is 6.65. The van der Waals surface area contributed by atoms with Crippen LogP contribution in [0.2, 0.25) is 0 Å². The van der Waals surface area contributed by atoms with Crippen LogP contribution in [0.1, 0.15) is 11.7 Å². The van der Waals surface area contributed by atoms with Crippen LogP contribution in [0.25, 0.3) is 0 Å². The minimum Gasteiger partial charge on any atom is -0.497 e. The Morgan fingerprint density at radius 2 is 1.79 bits per heavy atom. The highest BCUT2D eigenvalue weighted by Crippen LogP contribution is 2.19. The van der Waals surface area contributed by atoms with Crippen molar-refractivity contribution in [3.63, 3.8) is 0 Å². The topological polar surface area (TPSA) is 69.9 Å². The van der Waals surface area contributed by atoms with E-state index >= 15 is 0 Å². The molecule has 0 radical (unpaired) electrons. The molecule has 0 aliphatic rings. The van der Waals surface area contributed by atoms with Gasteiger partial charge in [0.05, 0.1) is 13.7 Å². The van der Waals surface area contributed by atoms with Crippen molar-refractivity contribution in [3.8, 4) is 5.75 Å². The molecule has 1 unspecified atom stereocenters. The highest BCUT2D eigenvalue weighted by molar-refractivity contribution is 5.28. The Labute approximate surface area is 82.4 Å². The molecule has 0 spiro atoms. The molecule has 0 fully saturated rings. The van der Waals surface area contributed by atoms with Gasteiger partial charge in [-0.1, -0.05) is 12.1 Å². The largest absolute Gasteiger partial charge is 0.497 e. The fourth-order valence-electron chi connectivity index (χ4n) is 1.12. The van der Waals surface area contributed by atoms with Gasteiger partial charge in [-0.3, -0.25) is 0 Å². The summed E-state index contributed by atoms with van der Waals surface area (Å²) in [4.78, 5) is 0. The van der Waals surface area contributed by atoms with Gasteiger partial charge in [-0.15, -0.1) is 0 Å². The van der Waals surface area contributed by atoms with Crippen LogP contribution in [0.3, 0.4) is 0 Å². The molecule has 3 N–H and O–H groups in total. The third kappa shape index (κ3) is 2.45. The van der Waals surface area contributed by atoms with Gasteiger partial charge >= 0.3 is 0 Å². The number of hydrogen-bond acceptors (Lipinski definition) is 4. The minimum absolute atomic E-state index is 0.465. The molecule has 78 valence electrons. The second kappa shape index (κ2) is 4.95. The third-order valence-corrected chi connectivity index (χ3v) is 2.01.